The molecule has 0 aliphatic rings. The van der Waals surface area contributed by atoms with Gasteiger partial charge in [0.25, 0.3) is 0 Å². The second kappa shape index (κ2) is 6.61. The molecule has 3 heteroatoms. The molecule has 0 aliphatic heterocycles. The van der Waals surface area contributed by atoms with E-state index in [0.29, 0.717) is 5.75 Å². The van der Waals surface area contributed by atoms with E-state index in [-0.39, 0.29) is 6.79 Å². The van der Waals surface area contributed by atoms with Gasteiger partial charge in [-0.1, -0.05) is 36.4 Å². The fourth-order valence-electron chi connectivity index (χ4n) is 1.66. The number of hydrogen-bond donors (Lipinski definition) is 1. The van der Waals surface area contributed by atoms with Crippen LogP contribution < -0.4 is 9.47 Å². The van der Waals surface area contributed by atoms with Crippen LogP contribution in [0.15, 0.2) is 48.5 Å². The van der Waals surface area contributed by atoms with Crippen molar-refractivity contribution in [3.63, 3.8) is 0 Å². The van der Waals surface area contributed by atoms with Gasteiger partial charge in [-0.05, 0) is 35.4 Å². The molecule has 3 nitrogen and oxygen atoms in total. The molecule has 2 aromatic carbocycles. The number of ether oxygens (including phenoxy) is 2. The number of aliphatic hydroxyl groups excluding tert-OH is 1. The molecule has 0 saturated heterocycles. The monoisotopic (exact) mass is 256 g/mol. The summed E-state index contributed by atoms with van der Waals surface area (Å²) < 4.78 is 10.1. The molecule has 0 heterocycles. The Morgan fingerprint density at radius 2 is 1.32 bits per heavy atom. The van der Waals surface area contributed by atoms with Crippen LogP contribution >= 0.6 is 0 Å². The Hall–Kier alpha value is -2.26. The van der Waals surface area contributed by atoms with Gasteiger partial charge in [-0.3, -0.25) is 0 Å². The van der Waals surface area contributed by atoms with Gasteiger partial charge in [0.2, 0.25) is 0 Å². The van der Waals surface area contributed by atoms with Crippen molar-refractivity contribution in [1.82, 2.24) is 0 Å². The standard InChI is InChI=1S/C16H16O3/c1-18-15-8-4-13(5-9-15)2-3-14-6-10-16(11-7-14)19-12-17/h2-11,17H,12H2,1H3. The summed E-state index contributed by atoms with van der Waals surface area (Å²) in [6.45, 7) is -0.305. The van der Waals surface area contributed by atoms with Crippen LogP contribution in [0.2, 0.25) is 0 Å². The lowest BCUT2D eigenvalue weighted by Gasteiger charge is -2.02. The average Bonchev–Trinajstić information content (AvgIpc) is 2.47. The van der Waals surface area contributed by atoms with Crippen LogP contribution in [0.1, 0.15) is 11.1 Å². The van der Waals surface area contributed by atoms with Crippen molar-refractivity contribution in [1.29, 1.82) is 0 Å². The van der Waals surface area contributed by atoms with Crippen molar-refractivity contribution in [2.45, 2.75) is 0 Å². The third kappa shape index (κ3) is 3.86. The molecule has 0 saturated carbocycles. The lowest BCUT2D eigenvalue weighted by molar-refractivity contribution is 0.0985. The summed E-state index contributed by atoms with van der Waals surface area (Å²) >= 11 is 0. The van der Waals surface area contributed by atoms with E-state index in [1.165, 1.54) is 0 Å². The van der Waals surface area contributed by atoms with Crippen LogP contribution in [0.25, 0.3) is 12.2 Å². The summed E-state index contributed by atoms with van der Waals surface area (Å²) in [4.78, 5) is 0. The summed E-state index contributed by atoms with van der Waals surface area (Å²) in [5, 5.41) is 8.64. The topological polar surface area (TPSA) is 38.7 Å². The maximum atomic E-state index is 8.64. The summed E-state index contributed by atoms with van der Waals surface area (Å²) in [7, 11) is 1.65. The summed E-state index contributed by atoms with van der Waals surface area (Å²) in [5.74, 6) is 1.51. The zero-order valence-corrected chi connectivity index (χ0v) is 10.7. The van der Waals surface area contributed by atoms with E-state index in [0.717, 1.165) is 16.9 Å². The van der Waals surface area contributed by atoms with E-state index < -0.39 is 0 Å². The van der Waals surface area contributed by atoms with Gasteiger partial charge in [-0.25, -0.2) is 0 Å². The van der Waals surface area contributed by atoms with Gasteiger partial charge in [-0.2, -0.15) is 0 Å². The fourth-order valence-corrected chi connectivity index (χ4v) is 1.66. The Morgan fingerprint density at radius 1 is 0.842 bits per heavy atom. The molecule has 0 fully saturated rings. The largest absolute Gasteiger partial charge is 0.497 e. The van der Waals surface area contributed by atoms with Crippen molar-refractivity contribution in [3.8, 4) is 11.5 Å². The van der Waals surface area contributed by atoms with E-state index in [9.17, 15) is 0 Å². The van der Waals surface area contributed by atoms with Gasteiger partial charge in [0, 0.05) is 0 Å². The molecule has 19 heavy (non-hydrogen) atoms. The minimum atomic E-state index is -0.305. The third-order valence-electron chi connectivity index (χ3n) is 2.70. The summed E-state index contributed by atoms with van der Waals surface area (Å²) in [6, 6.07) is 15.4. The predicted octanol–water partition coefficient (Wildman–Crippen LogP) is 3.19. The molecule has 0 aliphatic carbocycles. The molecule has 0 unspecified atom stereocenters. The molecule has 0 spiro atoms. The van der Waals surface area contributed by atoms with Crippen molar-refractivity contribution in [3.05, 3.63) is 59.7 Å². The predicted molar refractivity (Wildman–Crippen MR) is 76.1 cm³/mol. The van der Waals surface area contributed by atoms with Gasteiger partial charge in [0.15, 0.2) is 6.79 Å². The first-order valence-electron chi connectivity index (χ1n) is 5.97. The number of methoxy groups -OCH3 is 1. The summed E-state index contributed by atoms with van der Waals surface area (Å²) in [6.07, 6.45) is 4.05. The molecule has 1 N–H and O–H groups in total. The molecule has 2 rings (SSSR count). The Kier molecular flexibility index (Phi) is 4.59. The lowest BCUT2D eigenvalue weighted by atomic mass is 10.1. The highest BCUT2D eigenvalue weighted by molar-refractivity contribution is 5.70. The van der Waals surface area contributed by atoms with Crippen molar-refractivity contribution >= 4 is 12.2 Å². The van der Waals surface area contributed by atoms with Crippen molar-refractivity contribution < 1.29 is 14.6 Å². The lowest BCUT2D eigenvalue weighted by Crippen LogP contribution is -1.93. The number of benzene rings is 2. The van der Waals surface area contributed by atoms with Crippen molar-refractivity contribution in [2.75, 3.05) is 13.9 Å². The molecule has 0 radical (unpaired) electrons. The first kappa shape index (κ1) is 13.2. The maximum absolute atomic E-state index is 8.64. The van der Waals surface area contributed by atoms with Gasteiger partial charge in [0.05, 0.1) is 7.11 Å². The van der Waals surface area contributed by atoms with Gasteiger partial charge >= 0.3 is 0 Å². The highest BCUT2D eigenvalue weighted by atomic mass is 16.6. The van der Waals surface area contributed by atoms with Gasteiger partial charge in [0.1, 0.15) is 11.5 Å². The smallest absolute Gasteiger partial charge is 0.186 e. The van der Waals surface area contributed by atoms with Crippen LogP contribution in [-0.2, 0) is 0 Å². The zero-order chi connectivity index (χ0) is 13.5. The number of aliphatic hydroxyl groups is 1. The molecular formula is C16H16O3. The molecule has 2 aromatic rings. The Bertz CT molecular complexity index is 527. The fraction of sp³-hybridized carbons (Fsp3) is 0.125. The van der Waals surface area contributed by atoms with E-state index in [4.69, 9.17) is 14.6 Å². The number of rotatable bonds is 5. The molecule has 0 aromatic heterocycles. The molecule has 0 bridgehead atoms. The van der Waals surface area contributed by atoms with Crippen LogP contribution in [0.5, 0.6) is 11.5 Å². The van der Waals surface area contributed by atoms with Gasteiger partial charge in [-0.15, -0.1) is 0 Å². The first-order valence-corrected chi connectivity index (χ1v) is 5.97. The Balaban J connectivity index is 2.04. The molecule has 0 amide bonds. The highest BCUT2D eigenvalue weighted by Crippen LogP contribution is 2.16. The molecule has 0 atom stereocenters. The third-order valence-corrected chi connectivity index (χ3v) is 2.70. The van der Waals surface area contributed by atoms with E-state index >= 15 is 0 Å². The normalized spacial score (nSPS) is 10.6. The second-order valence-electron chi connectivity index (χ2n) is 3.95. The van der Waals surface area contributed by atoms with Crippen LogP contribution in [-0.4, -0.2) is 19.0 Å². The Morgan fingerprint density at radius 3 is 1.74 bits per heavy atom. The Labute approximate surface area is 112 Å². The number of hydrogen-bond acceptors (Lipinski definition) is 3. The first-order chi connectivity index (χ1) is 9.31. The SMILES string of the molecule is COc1ccc(C=Cc2ccc(OCO)cc2)cc1. The van der Waals surface area contributed by atoms with E-state index in [1.807, 2.05) is 60.7 Å². The zero-order valence-electron chi connectivity index (χ0n) is 10.7. The summed E-state index contributed by atoms with van der Waals surface area (Å²) in [5.41, 5.74) is 2.18. The molecular weight excluding hydrogens is 240 g/mol. The maximum Gasteiger partial charge on any atom is 0.186 e. The highest BCUT2D eigenvalue weighted by Gasteiger charge is 1.93. The van der Waals surface area contributed by atoms with E-state index in [1.54, 1.807) is 7.11 Å². The van der Waals surface area contributed by atoms with E-state index in [2.05, 4.69) is 0 Å². The average molecular weight is 256 g/mol. The second-order valence-corrected chi connectivity index (χ2v) is 3.95. The van der Waals surface area contributed by atoms with Crippen LogP contribution in [0.3, 0.4) is 0 Å². The minimum absolute atomic E-state index is 0.305. The quantitative estimate of drug-likeness (QED) is 0.659. The molecule has 98 valence electrons. The van der Waals surface area contributed by atoms with Crippen LogP contribution in [0.4, 0.5) is 0 Å². The van der Waals surface area contributed by atoms with Crippen LogP contribution in [0, 0.1) is 0 Å². The van der Waals surface area contributed by atoms with Crippen molar-refractivity contribution in [2.24, 2.45) is 0 Å². The van der Waals surface area contributed by atoms with Gasteiger partial charge < -0.3 is 14.6 Å². The minimum Gasteiger partial charge on any atom is -0.497 e.